The summed E-state index contributed by atoms with van der Waals surface area (Å²) in [5.41, 5.74) is 1.71. The molecule has 1 N–H and O–H groups in total. The average Bonchev–Trinajstić information content (AvgIpc) is 2.61. The number of nitrogens with zero attached hydrogens (tertiary/aromatic N) is 2. The number of carboxylic acids is 1. The van der Waals surface area contributed by atoms with Gasteiger partial charge in [-0.25, -0.2) is 9.97 Å². The van der Waals surface area contributed by atoms with E-state index in [2.05, 4.69) is 9.97 Å². The molecule has 1 atom stereocenters. The number of aliphatic carboxylic acids is 1. The lowest BCUT2D eigenvalue weighted by atomic mass is 9.92. The van der Waals surface area contributed by atoms with Gasteiger partial charge in [-0.1, -0.05) is 24.3 Å². The van der Waals surface area contributed by atoms with Gasteiger partial charge in [-0.05, 0) is 23.8 Å². The number of para-hydroxylation sites is 1. The predicted molar refractivity (Wildman–Crippen MR) is 88.6 cm³/mol. The third-order valence-electron chi connectivity index (χ3n) is 3.83. The fourth-order valence-corrected chi connectivity index (χ4v) is 2.71. The van der Waals surface area contributed by atoms with Gasteiger partial charge in [-0.2, -0.15) is 0 Å². The molecular weight excluding hydrogens is 308 g/mol. The van der Waals surface area contributed by atoms with Gasteiger partial charge in [0.15, 0.2) is 11.5 Å². The SMILES string of the molecule is COc1ccc(C(C(=O)O)c2ncnc3ccccc23)cc1OC. The van der Waals surface area contributed by atoms with Crippen LogP contribution in [0.5, 0.6) is 11.5 Å². The highest BCUT2D eigenvalue weighted by Gasteiger charge is 2.26. The second kappa shape index (κ2) is 6.54. The number of fused-ring (bicyclic) bond motifs is 1. The smallest absolute Gasteiger partial charge is 0.317 e. The van der Waals surface area contributed by atoms with Crippen molar-refractivity contribution < 1.29 is 19.4 Å². The third kappa shape index (κ3) is 2.74. The number of methoxy groups -OCH3 is 2. The lowest BCUT2D eigenvalue weighted by Gasteiger charge is -2.16. The van der Waals surface area contributed by atoms with Crippen LogP contribution in [0.15, 0.2) is 48.8 Å². The Morgan fingerprint density at radius 1 is 1.04 bits per heavy atom. The molecule has 6 nitrogen and oxygen atoms in total. The second-order valence-electron chi connectivity index (χ2n) is 5.16. The van der Waals surface area contributed by atoms with Gasteiger partial charge in [-0.3, -0.25) is 4.79 Å². The van der Waals surface area contributed by atoms with E-state index in [0.717, 1.165) is 0 Å². The molecule has 0 aliphatic heterocycles. The highest BCUT2D eigenvalue weighted by molar-refractivity contribution is 5.89. The molecule has 0 aliphatic rings. The molecule has 0 amide bonds. The van der Waals surface area contributed by atoms with Crippen LogP contribution in [0.3, 0.4) is 0 Å². The highest BCUT2D eigenvalue weighted by Crippen LogP contribution is 2.34. The Kier molecular flexibility index (Phi) is 4.29. The summed E-state index contributed by atoms with van der Waals surface area (Å²) in [5, 5.41) is 10.5. The molecule has 122 valence electrons. The Balaban J connectivity index is 2.19. The minimum atomic E-state index is -0.994. The standard InChI is InChI=1S/C18H16N2O4/c1-23-14-8-7-11(9-15(14)24-2)16(18(21)22)17-12-5-3-4-6-13(12)19-10-20-17/h3-10,16H,1-2H3,(H,21,22). The third-order valence-corrected chi connectivity index (χ3v) is 3.83. The summed E-state index contributed by atoms with van der Waals surface area (Å²) in [6.45, 7) is 0. The first-order valence-electron chi connectivity index (χ1n) is 7.30. The number of carboxylic acid groups (broad SMARTS) is 1. The molecule has 1 unspecified atom stereocenters. The monoisotopic (exact) mass is 324 g/mol. The lowest BCUT2D eigenvalue weighted by molar-refractivity contribution is -0.137. The van der Waals surface area contributed by atoms with E-state index in [9.17, 15) is 9.90 Å². The summed E-state index contributed by atoms with van der Waals surface area (Å²) in [7, 11) is 3.04. The van der Waals surface area contributed by atoms with E-state index in [1.165, 1.54) is 20.5 Å². The van der Waals surface area contributed by atoms with Crippen LogP contribution < -0.4 is 9.47 Å². The topological polar surface area (TPSA) is 81.5 Å². The number of aromatic nitrogens is 2. The minimum absolute atomic E-state index is 0.445. The molecule has 24 heavy (non-hydrogen) atoms. The zero-order valence-electron chi connectivity index (χ0n) is 13.3. The van der Waals surface area contributed by atoms with Crippen LogP contribution in [0.4, 0.5) is 0 Å². The fraction of sp³-hybridized carbons (Fsp3) is 0.167. The average molecular weight is 324 g/mol. The summed E-state index contributed by atoms with van der Waals surface area (Å²) < 4.78 is 10.5. The van der Waals surface area contributed by atoms with Crippen molar-refractivity contribution in [3.8, 4) is 11.5 Å². The van der Waals surface area contributed by atoms with Crippen LogP contribution in [0.1, 0.15) is 17.2 Å². The lowest BCUT2D eigenvalue weighted by Crippen LogP contribution is -2.15. The number of benzene rings is 2. The van der Waals surface area contributed by atoms with Crippen LogP contribution in [-0.4, -0.2) is 35.3 Å². The number of ether oxygens (including phenoxy) is 2. The molecule has 6 heteroatoms. The van der Waals surface area contributed by atoms with E-state index >= 15 is 0 Å². The summed E-state index contributed by atoms with van der Waals surface area (Å²) in [6.07, 6.45) is 1.38. The number of carbonyl (C=O) groups is 1. The first-order valence-corrected chi connectivity index (χ1v) is 7.30. The molecule has 0 bridgehead atoms. The van der Waals surface area contributed by atoms with Crippen LogP contribution in [0.25, 0.3) is 10.9 Å². The van der Waals surface area contributed by atoms with Crippen molar-refractivity contribution in [1.29, 1.82) is 0 Å². The first-order chi connectivity index (χ1) is 11.7. The van der Waals surface area contributed by atoms with Crippen molar-refractivity contribution in [2.24, 2.45) is 0 Å². The van der Waals surface area contributed by atoms with Gasteiger partial charge >= 0.3 is 5.97 Å². The van der Waals surface area contributed by atoms with Crippen molar-refractivity contribution in [3.05, 3.63) is 60.0 Å². The Bertz CT molecular complexity index is 890. The van der Waals surface area contributed by atoms with Gasteiger partial charge < -0.3 is 14.6 Å². The molecule has 3 aromatic rings. The first kappa shape index (κ1) is 15.7. The van der Waals surface area contributed by atoms with E-state index in [1.807, 2.05) is 24.3 Å². The Morgan fingerprint density at radius 3 is 2.50 bits per heavy atom. The number of hydrogen-bond donors (Lipinski definition) is 1. The Hall–Kier alpha value is -3.15. The molecule has 2 aromatic carbocycles. The second-order valence-corrected chi connectivity index (χ2v) is 5.16. The Morgan fingerprint density at radius 2 is 1.79 bits per heavy atom. The summed E-state index contributed by atoms with van der Waals surface area (Å²) in [5.74, 6) is -0.915. The largest absolute Gasteiger partial charge is 0.493 e. The van der Waals surface area contributed by atoms with Crippen molar-refractivity contribution in [1.82, 2.24) is 9.97 Å². The van der Waals surface area contributed by atoms with Gasteiger partial charge in [0, 0.05) is 5.39 Å². The van der Waals surface area contributed by atoms with E-state index in [1.54, 1.807) is 18.2 Å². The number of hydrogen-bond acceptors (Lipinski definition) is 5. The van der Waals surface area contributed by atoms with E-state index in [-0.39, 0.29) is 0 Å². The van der Waals surface area contributed by atoms with Crippen LogP contribution in [0.2, 0.25) is 0 Å². The van der Waals surface area contributed by atoms with Crippen LogP contribution >= 0.6 is 0 Å². The van der Waals surface area contributed by atoms with Gasteiger partial charge in [0.1, 0.15) is 12.2 Å². The van der Waals surface area contributed by atoms with Crippen molar-refractivity contribution >= 4 is 16.9 Å². The molecule has 0 radical (unpaired) electrons. The van der Waals surface area contributed by atoms with Crippen molar-refractivity contribution in [2.45, 2.75) is 5.92 Å². The fourth-order valence-electron chi connectivity index (χ4n) is 2.71. The maximum absolute atomic E-state index is 12.0. The molecule has 1 heterocycles. The maximum atomic E-state index is 12.0. The highest BCUT2D eigenvalue weighted by atomic mass is 16.5. The molecule has 0 spiro atoms. The molecule has 0 saturated carbocycles. The Labute approximate surface area is 138 Å². The van der Waals surface area contributed by atoms with Crippen molar-refractivity contribution in [2.75, 3.05) is 14.2 Å². The summed E-state index contributed by atoms with van der Waals surface area (Å²) >= 11 is 0. The van der Waals surface area contributed by atoms with Gasteiger partial charge in [-0.15, -0.1) is 0 Å². The van der Waals surface area contributed by atoms with E-state index in [0.29, 0.717) is 33.7 Å². The molecule has 0 aliphatic carbocycles. The predicted octanol–water partition coefficient (Wildman–Crippen LogP) is 2.86. The maximum Gasteiger partial charge on any atom is 0.317 e. The number of rotatable bonds is 5. The molecule has 0 saturated heterocycles. The molecular formula is C18H16N2O4. The van der Waals surface area contributed by atoms with Crippen LogP contribution in [-0.2, 0) is 4.79 Å². The van der Waals surface area contributed by atoms with Gasteiger partial charge in [0.2, 0.25) is 0 Å². The summed E-state index contributed by atoms with van der Waals surface area (Å²) in [6, 6.07) is 12.4. The quantitative estimate of drug-likeness (QED) is 0.777. The normalized spacial score (nSPS) is 11.9. The van der Waals surface area contributed by atoms with Gasteiger partial charge in [0.25, 0.3) is 0 Å². The van der Waals surface area contributed by atoms with Crippen LogP contribution in [0, 0.1) is 0 Å². The molecule has 3 rings (SSSR count). The zero-order valence-corrected chi connectivity index (χ0v) is 13.3. The molecule has 0 fully saturated rings. The zero-order chi connectivity index (χ0) is 17.1. The van der Waals surface area contributed by atoms with E-state index in [4.69, 9.17) is 9.47 Å². The van der Waals surface area contributed by atoms with Crippen molar-refractivity contribution in [3.63, 3.8) is 0 Å². The van der Waals surface area contributed by atoms with Gasteiger partial charge in [0.05, 0.1) is 25.4 Å². The summed E-state index contributed by atoms with van der Waals surface area (Å²) in [4.78, 5) is 20.4. The minimum Gasteiger partial charge on any atom is -0.493 e. The molecule has 1 aromatic heterocycles. The van der Waals surface area contributed by atoms with E-state index < -0.39 is 11.9 Å².